The Morgan fingerprint density at radius 1 is 1.00 bits per heavy atom. The minimum atomic E-state index is 0.429. The molecule has 0 unspecified atom stereocenters. The fourth-order valence-electron chi connectivity index (χ4n) is 3.47. The van der Waals surface area contributed by atoms with Crippen LogP contribution in [0.4, 0.5) is 11.4 Å². The Morgan fingerprint density at radius 3 is 2.44 bits per heavy atom. The molecule has 3 rings (SSSR count). The molecule has 1 aliphatic carbocycles. The highest BCUT2D eigenvalue weighted by molar-refractivity contribution is 5.80. The van der Waals surface area contributed by atoms with Gasteiger partial charge in [-0.05, 0) is 48.6 Å². The SMILES string of the molecule is CN(C)c1ccc(C=N[C@@H]2CCCC[C@@H]2CNc2ccccc2)cc1. The third kappa shape index (κ3) is 5.09. The molecule has 0 saturated heterocycles. The molecule has 0 amide bonds. The van der Waals surface area contributed by atoms with Crippen LogP contribution in [0.5, 0.6) is 0 Å². The van der Waals surface area contributed by atoms with Crippen molar-refractivity contribution in [1.82, 2.24) is 0 Å². The molecule has 2 atom stereocenters. The summed E-state index contributed by atoms with van der Waals surface area (Å²) in [5.41, 5.74) is 3.61. The lowest BCUT2D eigenvalue weighted by Crippen LogP contribution is -2.29. The minimum absolute atomic E-state index is 0.429. The summed E-state index contributed by atoms with van der Waals surface area (Å²) >= 11 is 0. The Balaban J connectivity index is 1.60. The Kier molecular flexibility index (Phi) is 6.10. The van der Waals surface area contributed by atoms with E-state index >= 15 is 0 Å². The molecular formula is C22H29N3. The van der Waals surface area contributed by atoms with E-state index in [1.165, 1.54) is 42.6 Å². The number of anilines is 2. The maximum atomic E-state index is 4.94. The molecule has 2 aromatic rings. The fraction of sp³-hybridized carbons (Fsp3) is 0.409. The van der Waals surface area contributed by atoms with Crippen LogP contribution in [0.3, 0.4) is 0 Å². The molecule has 0 radical (unpaired) electrons. The number of rotatable bonds is 6. The first-order valence-electron chi connectivity index (χ1n) is 9.32. The van der Waals surface area contributed by atoms with E-state index in [2.05, 4.69) is 85.1 Å². The highest BCUT2D eigenvalue weighted by Gasteiger charge is 2.23. The lowest BCUT2D eigenvalue weighted by molar-refractivity contribution is 0.324. The Morgan fingerprint density at radius 2 is 1.72 bits per heavy atom. The van der Waals surface area contributed by atoms with E-state index in [1.807, 2.05) is 0 Å². The predicted octanol–water partition coefficient (Wildman–Crippen LogP) is 4.84. The lowest BCUT2D eigenvalue weighted by Gasteiger charge is -2.29. The third-order valence-electron chi connectivity index (χ3n) is 5.04. The van der Waals surface area contributed by atoms with E-state index in [0.717, 1.165) is 6.54 Å². The van der Waals surface area contributed by atoms with Crippen LogP contribution in [0.1, 0.15) is 31.2 Å². The summed E-state index contributed by atoms with van der Waals surface area (Å²) in [6.07, 6.45) is 7.15. The average Bonchev–Trinajstić information content (AvgIpc) is 2.66. The van der Waals surface area contributed by atoms with Gasteiger partial charge in [-0.25, -0.2) is 0 Å². The second-order valence-corrected chi connectivity index (χ2v) is 7.12. The summed E-state index contributed by atoms with van der Waals surface area (Å²) in [7, 11) is 4.13. The van der Waals surface area contributed by atoms with Gasteiger partial charge in [0.05, 0.1) is 6.04 Å². The van der Waals surface area contributed by atoms with Gasteiger partial charge in [0, 0.05) is 38.2 Å². The molecule has 1 N–H and O–H groups in total. The Labute approximate surface area is 151 Å². The third-order valence-corrected chi connectivity index (χ3v) is 5.04. The molecule has 132 valence electrons. The second kappa shape index (κ2) is 8.70. The first-order valence-corrected chi connectivity index (χ1v) is 9.32. The fourth-order valence-corrected chi connectivity index (χ4v) is 3.47. The predicted molar refractivity (Wildman–Crippen MR) is 109 cm³/mol. The van der Waals surface area contributed by atoms with Gasteiger partial charge in [0.1, 0.15) is 0 Å². The molecule has 0 heterocycles. The van der Waals surface area contributed by atoms with Crippen LogP contribution in [-0.2, 0) is 0 Å². The van der Waals surface area contributed by atoms with Crippen molar-refractivity contribution in [2.24, 2.45) is 10.9 Å². The zero-order chi connectivity index (χ0) is 17.5. The van der Waals surface area contributed by atoms with E-state index in [1.54, 1.807) is 0 Å². The van der Waals surface area contributed by atoms with Crippen molar-refractivity contribution in [2.45, 2.75) is 31.7 Å². The van der Waals surface area contributed by atoms with Crippen molar-refractivity contribution in [3.63, 3.8) is 0 Å². The largest absolute Gasteiger partial charge is 0.385 e. The van der Waals surface area contributed by atoms with Crippen LogP contribution in [-0.4, -0.2) is 32.9 Å². The van der Waals surface area contributed by atoms with Crippen LogP contribution in [0, 0.1) is 5.92 Å². The number of para-hydroxylation sites is 1. The molecule has 1 fully saturated rings. The molecule has 1 aliphatic rings. The normalized spacial score (nSPS) is 20.6. The van der Waals surface area contributed by atoms with Gasteiger partial charge in [-0.3, -0.25) is 4.99 Å². The number of nitrogens with zero attached hydrogens (tertiary/aromatic N) is 2. The molecule has 25 heavy (non-hydrogen) atoms. The summed E-state index contributed by atoms with van der Waals surface area (Å²) in [4.78, 5) is 7.06. The van der Waals surface area contributed by atoms with Gasteiger partial charge in [0.2, 0.25) is 0 Å². The minimum Gasteiger partial charge on any atom is -0.385 e. The molecule has 0 bridgehead atoms. The first-order chi connectivity index (χ1) is 12.2. The van der Waals surface area contributed by atoms with Gasteiger partial charge in [-0.1, -0.05) is 43.2 Å². The van der Waals surface area contributed by atoms with E-state index in [-0.39, 0.29) is 0 Å². The molecule has 0 aliphatic heterocycles. The quantitative estimate of drug-likeness (QED) is 0.765. The Bertz CT molecular complexity index is 661. The van der Waals surface area contributed by atoms with Crippen LogP contribution in [0.2, 0.25) is 0 Å². The van der Waals surface area contributed by atoms with Gasteiger partial charge < -0.3 is 10.2 Å². The van der Waals surface area contributed by atoms with Gasteiger partial charge in [0.15, 0.2) is 0 Å². The number of aliphatic imine (C=N–C) groups is 1. The maximum absolute atomic E-state index is 4.94. The van der Waals surface area contributed by atoms with Gasteiger partial charge >= 0.3 is 0 Å². The molecule has 1 saturated carbocycles. The lowest BCUT2D eigenvalue weighted by atomic mass is 9.84. The number of hydrogen-bond acceptors (Lipinski definition) is 3. The maximum Gasteiger partial charge on any atom is 0.0544 e. The summed E-state index contributed by atoms with van der Waals surface area (Å²) in [6, 6.07) is 19.5. The molecular weight excluding hydrogens is 306 g/mol. The van der Waals surface area contributed by atoms with Crippen molar-refractivity contribution < 1.29 is 0 Å². The molecule has 3 nitrogen and oxygen atoms in total. The highest BCUT2D eigenvalue weighted by atomic mass is 15.1. The van der Waals surface area contributed by atoms with E-state index in [9.17, 15) is 0 Å². The standard InChI is InChI=1S/C22H29N3/c1-25(2)21-14-12-18(13-15-21)16-24-22-11-7-6-8-19(22)17-23-20-9-4-3-5-10-20/h3-5,9-10,12-16,19,22-23H,6-8,11,17H2,1-2H3/t19-,22-/m1/s1. The van der Waals surface area contributed by atoms with Crippen molar-refractivity contribution in [2.75, 3.05) is 30.9 Å². The molecule has 2 aromatic carbocycles. The van der Waals surface area contributed by atoms with Gasteiger partial charge in [0.25, 0.3) is 0 Å². The molecule has 3 heteroatoms. The smallest absolute Gasteiger partial charge is 0.0544 e. The summed E-state index contributed by atoms with van der Waals surface area (Å²) in [6.45, 7) is 1.01. The van der Waals surface area contributed by atoms with Crippen molar-refractivity contribution in [3.8, 4) is 0 Å². The highest BCUT2D eigenvalue weighted by Crippen LogP contribution is 2.27. The van der Waals surface area contributed by atoms with Crippen molar-refractivity contribution >= 4 is 17.6 Å². The number of nitrogens with one attached hydrogen (secondary N) is 1. The summed E-state index contributed by atoms with van der Waals surface area (Å²) in [5, 5.41) is 3.58. The molecule has 0 aromatic heterocycles. The number of hydrogen-bond donors (Lipinski definition) is 1. The second-order valence-electron chi connectivity index (χ2n) is 7.12. The Hall–Kier alpha value is -2.29. The van der Waals surface area contributed by atoms with E-state index in [0.29, 0.717) is 12.0 Å². The topological polar surface area (TPSA) is 27.6 Å². The van der Waals surface area contributed by atoms with Gasteiger partial charge in [-0.2, -0.15) is 0 Å². The van der Waals surface area contributed by atoms with Crippen molar-refractivity contribution in [1.29, 1.82) is 0 Å². The first kappa shape index (κ1) is 17.5. The summed E-state index contributed by atoms with van der Waals surface area (Å²) < 4.78 is 0. The molecule has 0 spiro atoms. The van der Waals surface area contributed by atoms with Gasteiger partial charge in [-0.15, -0.1) is 0 Å². The summed E-state index contributed by atoms with van der Waals surface area (Å²) in [5.74, 6) is 0.617. The van der Waals surface area contributed by atoms with E-state index in [4.69, 9.17) is 4.99 Å². The van der Waals surface area contributed by atoms with Crippen LogP contribution >= 0.6 is 0 Å². The van der Waals surface area contributed by atoms with E-state index < -0.39 is 0 Å². The van der Waals surface area contributed by atoms with Crippen molar-refractivity contribution in [3.05, 3.63) is 60.2 Å². The zero-order valence-corrected chi connectivity index (χ0v) is 15.4. The average molecular weight is 335 g/mol. The van der Waals surface area contributed by atoms with Crippen LogP contribution < -0.4 is 10.2 Å². The zero-order valence-electron chi connectivity index (χ0n) is 15.4. The monoisotopic (exact) mass is 335 g/mol. The number of benzene rings is 2. The van der Waals surface area contributed by atoms with Crippen LogP contribution in [0.15, 0.2) is 59.6 Å². The van der Waals surface area contributed by atoms with Crippen LogP contribution in [0.25, 0.3) is 0 Å².